The zero-order chi connectivity index (χ0) is 4.12. The Bertz CT molecular complexity index is 46.0. The topological polar surface area (TPSA) is 9.23 Å². The van der Waals surface area contributed by atoms with E-state index < -0.39 is 0 Å². The molecule has 0 aliphatic rings. The van der Waals surface area contributed by atoms with Crippen molar-refractivity contribution in [2.45, 2.75) is 14.4 Å². The summed E-state index contributed by atoms with van der Waals surface area (Å²) in [5.41, 5.74) is 0. The van der Waals surface area contributed by atoms with Gasteiger partial charge in [0, 0.05) is 0 Å². The van der Waals surface area contributed by atoms with Gasteiger partial charge in [-0.2, -0.15) is 0 Å². The van der Waals surface area contributed by atoms with Crippen molar-refractivity contribution in [2.24, 2.45) is 0 Å². The molecule has 0 bridgehead atoms. The highest BCUT2D eigenvalue weighted by Gasteiger charge is 1.56. The molecular formula is C4H10OSi. The van der Waals surface area contributed by atoms with E-state index in [4.69, 9.17) is 6.00 Å². The molecule has 0 aromatic heterocycles. The van der Waals surface area contributed by atoms with Crippen LogP contribution in [0.5, 0.6) is 0 Å². The molecule has 0 spiro atoms. The van der Waals surface area contributed by atoms with E-state index in [0.29, 0.717) is 0 Å². The first kappa shape index (κ1) is 9.25. The molecule has 36 valence electrons. The summed E-state index contributed by atoms with van der Waals surface area (Å²) in [6.07, 6.45) is 0. The highest BCUT2D eigenvalue weighted by atomic mass is 28.2. The van der Waals surface area contributed by atoms with Gasteiger partial charge in [0.05, 0.1) is 6.61 Å². The highest BCUT2D eigenvalue weighted by molar-refractivity contribution is 6.12. The third-order valence-electron chi connectivity index (χ3n) is 0.228. The summed E-state index contributed by atoms with van der Waals surface area (Å²) >= 11 is 0. The second-order valence-electron chi connectivity index (χ2n) is 0.551. The zero-order valence-corrected chi connectivity index (χ0v) is 4.19. The van der Waals surface area contributed by atoms with Crippen LogP contribution in [-0.4, -0.2) is 15.8 Å². The maximum Gasteiger partial charge on any atom is 0.239 e. The van der Waals surface area contributed by atoms with Crippen LogP contribution in [0.15, 0.2) is 0 Å². The monoisotopic (exact) mass is 102 g/mol. The fraction of sp³-hybridized carbons (Fsp3) is 0.750. The van der Waals surface area contributed by atoms with Gasteiger partial charge in [-0.25, -0.2) is 0 Å². The van der Waals surface area contributed by atoms with Gasteiger partial charge in [0.1, 0.15) is 0 Å². The second kappa shape index (κ2) is 8.84. The third-order valence-corrected chi connectivity index (χ3v) is 0.683. The normalized spacial score (nSPS) is 4.67. The van der Waals surface area contributed by atoms with Crippen LogP contribution in [0.25, 0.3) is 0 Å². The largest absolute Gasteiger partial charge is 0.505 e. The summed E-state index contributed by atoms with van der Waals surface area (Å²) < 4.78 is 4.64. The van der Waals surface area contributed by atoms with E-state index >= 15 is 0 Å². The summed E-state index contributed by atoms with van der Waals surface area (Å²) in [7, 11) is 0.158. The Labute approximate surface area is 41.5 Å². The quantitative estimate of drug-likeness (QED) is 0.446. The van der Waals surface area contributed by atoms with Crippen LogP contribution in [0.2, 0.25) is 0 Å². The predicted molar refractivity (Wildman–Crippen MR) is 29.1 cm³/mol. The summed E-state index contributed by atoms with van der Waals surface area (Å²) in [6, 6.07) is 4.94. The van der Waals surface area contributed by atoms with Crippen molar-refractivity contribution in [1.82, 2.24) is 0 Å². The lowest BCUT2D eigenvalue weighted by molar-refractivity contribution is 0.373. The molecule has 0 heterocycles. The maximum atomic E-state index is 4.94. The van der Waals surface area contributed by atoms with Gasteiger partial charge >= 0.3 is 0 Å². The minimum absolute atomic E-state index is 0. The van der Waals surface area contributed by atoms with Crippen LogP contribution in [0.4, 0.5) is 0 Å². The minimum atomic E-state index is 0. The standard InChI is InChI=1S/C3H6OSi.CH4/c1-3-4-5-2;/h2H,3H2,1H3;1H4. The van der Waals surface area contributed by atoms with Crippen molar-refractivity contribution in [3.63, 3.8) is 0 Å². The van der Waals surface area contributed by atoms with E-state index in [0.717, 1.165) is 6.61 Å². The van der Waals surface area contributed by atoms with E-state index in [-0.39, 0.29) is 16.6 Å². The lowest BCUT2D eigenvalue weighted by atomic mass is 10.9. The molecule has 0 amide bonds. The fourth-order valence-corrected chi connectivity index (χ4v) is 0.250. The van der Waals surface area contributed by atoms with Gasteiger partial charge in [-0.3, -0.25) is 0 Å². The summed E-state index contributed by atoms with van der Waals surface area (Å²) in [5.74, 6) is 0. The Hall–Kier alpha value is -0.203. The SMILES string of the molecule is C.C#[Si]OCC. The second-order valence-corrected chi connectivity index (χ2v) is 1.08. The molecule has 0 radical (unpaired) electrons. The Kier molecular flexibility index (Phi) is 13.6. The molecule has 0 aromatic carbocycles. The van der Waals surface area contributed by atoms with Crippen molar-refractivity contribution in [2.75, 3.05) is 6.61 Å². The molecule has 0 saturated carbocycles. The first-order chi connectivity index (χ1) is 2.41. The van der Waals surface area contributed by atoms with Crippen LogP contribution in [0.1, 0.15) is 14.4 Å². The van der Waals surface area contributed by atoms with E-state index in [2.05, 4.69) is 4.43 Å². The summed E-state index contributed by atoms with van der Waals surface area (Å²) in [4.78, 5) is 0. The molecule has 0 fully saturated rings. The molecule has 0 aliphatic carbocycles. The summed E-state index contributed by atoms with van der Waals surface area (Å²) in [6.45, 7) is 2.65. The van der Waals surface area contributed by atoms with E-state index in [1.807, 2.05) is 6.92 Å². The minimum Gasteiger partial charge on any atom is -0.505 e. The molecule has 1 nitrogen and oxygen atoms in total. The van der Waals surface area contributed by atoms with Crippen molar-refractivity contribution in [3.05, 3.63) is 0 Å². The molecule has 0 rings (SSSR count). The van der Waals surface area contributed by atoms with E-state index in [9.17, 15) is 0 Å². The average Bonchev–Trinajstić information content (AvgIpc) is 1.41. The van der Waals surface area contributed by atoms with E-state index in [1.54, 1.807) is 0 Å². The molecular weight excluding hydrogens is 92.1 g/mol. The molecule has 6 heavy (non-hydrogen) atoms. The van der Waals surface area contributed by atoms with Crippen molar-refractivity contribution in [1.29, 1.82) is 0 Å². The van der Waals surface area contributed by atoms with Crippen molar-refractivity contribution < 1.29 is 4.43 Å². The first-order valence-corrected chi connectivity index (χ1v) is 2.47. The molecule has 0 N–H and O–H groups in total. The van der Waals surface area contributed by atoms with Gasteiger partial charge < -0.3 is 4.43 Å². The van der Waals surface area contributed by atoms with Crippen LogP contribution < -0.4 is 0 Å². The lowest BCUT2D eigenvalue weighted by Gasteiger charge is -1.80. The van der Waals surface area contributed by atoms with Gasteiger partial charge in [-0.1, -0.05) is 7.43 Å². The van der Waals surface area contributed by atoms with Gasteiger partial charge in [0.25, 0.3) is 0 Å². The smallest absolute Gasteiger partial charge is 0.239 e. The molecule has 0 unspecified atom stereocenters. The first-order valence-electron chi connectivity index (χ1n) is 1.49. The van der Waals surface area contributed by atoms with Crippen LogP contribution in [0, 0.1) is 6.00 Å². The number of rotatable bonds is 1. The van der Waals surface area contributed by atoms with Gasteiger partial charge in [-0.15, -0.1) is 6.00 Å². The van der Waals surface area contributed by atoms with Crippen LogP contribution >= 0.6 is 0 Å². The Morgan fingerprint density at radius 3 is 2.33 bits per heavy atom. The molecule has 0 saturated heterocycles. The Morgan fingerprint density at radius 2 is 2.33 bits per heavy atom. The van der Waals surface area contributed by atoms with Gasteiger partial charge in [0.15, 0.2) is 0 Å². The highest BCUT2D eigenvalue weighted by Crippen LogP contribution is 1.52. The van der Waals surface area contributed by atoms with Crippen LogP contribution in [-0.2, 0) is 4.43 Å². The van der Waals surface area contributed by atoms with E-state index in [1.165, 1.54) is 0 Å². The zero-order valence-electron chi connectivity index (χ0n) is 3.19. The van der Waals surface area contributed by atoms with Crippen molar-refractivity contribution >= 4 is 9.20 Å². The molecule has 0 aliphatic heterocycles. The van der Waals surface area contributed by atoms with Crippen molar-refractivity contribution in [3.8, 4) is 6.00 Å². The third kappa shape index (κ3) is 9.20. The maximum absolute atomic E-state index is 4.94. The van der Waals surface area contributed by atoms with Crippen LogP contribution in [0.3, 0.4) is 0 Å². The molecule has 0 atom stereocenters. The Balaban J connectivity index is 0. The Morgan fingerprint density at radius 1 is 1.83 bits per heavy atom. The lowest BCUT2D eigenvalue weighted by Crippen LogP contribution is -1.80. The van der Waals surface area contributed by atoms with Gasteiger partial charge in [-0.05, 0) is 6.92 Å². The number of hydrogen-bond donors (Lipinski definition) is 0. The fourth-order valence-electron chi connectivity index (χ4n) is 0.0833. The summed E-state index contributed by atoms with van der Waals surface area (Å²) in [5, 5.41) is 0. The number of hydrogen-bond acceptors (Lipinski definition) is 1. The average molecular weight is 102 g/mol. The molecule has 0 aromatic rings. The van der Waals surface area contributed by atoms with Gasteiger partial charge in [0.2, 0.25) is 9.20 Å². The molecule has 2 heteroatoms. The predicted octanol–water partition coefficient (Wildman–Crippen LogP) is 0.867.